The van der Waals surface area contributed by atoms with E-state index in [0.29, 0.717) is 5.70 Å². The van der Waals surface area contributed by atoms with E-state index in [1.165, 1.54) is 0 Å². The molecule has 0 aliphatic rings. The Bertz CT molecular complexity index is 1380. The molecule has 0 saturated heterocycles. The van der Waals surface area contributed by atoms with Gasteiger partial charge in [0.2, 0.25) is 0 Å². The van der Waals surface area contributed by atoms with Crippen molar-refractivity contribution >= 4 is 11.8 Å². The van der Waals surface area contributed by atoms with E-state index in [4.69, 9.17) is 6.57 Å². The van der Waals surface area contributed by atoms with Crippen LogP contribution in [0.15, 0.2) is 103 Å². The summed E-state index contributed by atoms with van der Waals surface area (Å²) in [5.74, 6) is 12.6. The summed E-state index contributed by atoms with van der Waals surface area (Å²) in [5, 5.41) is 0. The minimum absolute atomic E-state index is 0.585. The maximum absolute atomic E-state index is 7.60. The van der Waals surface area contributed by atoms with Gasteiger partial charge in [-0.25, -0.2) is 4.85 Å². The highest BCUT2D eigenvalue weighted by molar-refractivity contribution is 5.85. The van der Waals surface area contributed by atoms with Crippen molar-refractivity contribution in [2.24, 2.45) is 0 Å². The van der Waals surface area contributed by atoms with Crippen LogP contribution in [-0.4, -0.2) is 4.98 Å². The van der Waals surface area contributed by atoms with E-state index < -0.39 is 0 Å². The molecule has 0 saturated carbocycles. The average molecular weight is 406 g/mol. The van der Waals surface area contributed by atoms with Crippen molar-refractivity contribution in [1.29, 1.82) is 0 Å². The smallest absolute Gasteiger partial charge is 0.194 e. The van der Waals surface area contributed by atoms with Crippen LogP contribution in [0.5, 0.6) is 0 Å². The van der Waals surface area contributed by atoms with E-state index in [2.05, 4.69) is 33.5 Å². The van der Waals surface area contributed by atoms with E-state index in [1.807, 2.05) is 97.1 Å². The number of hydrogen-bond donors (Lipinski definition) is 0. The normalized spacial score (nSPS) is 10.2. The van der Waals surface area contributed by atoms with Crippen LogP contribution in [0, 0.1) is 30.3 Å². The van der Waals surface area contributed by atoms with Gasteiger partial charge in [0.25, 0.3) is 0 Å². The first-order chi connectivity index (χ1) is 15.8. The highest BCUT2D eigenvalue weighted by atomic mass is 14.7. The lowest BCUT2D eigenvalue weighted by Crippen LogP contribution is -1.83. The van der Waals surface area contributed by atoms with Crippen LogP contribution in [0.1, 0.15) is 33.4 Å². The minimum atomic E-state index is 0.585. The molecule has 32 heavy (non-hydrogen) atoms. The zero-order chi connectivity index (χ0) is 22.0. The van der Waals surface area contributed by atoms with Gasteiger partial charge in [0.05, 0.1) is 6.57 Å². The number of benzene rings is 3. The molecule has 1 aromatic heterocycles. The van der Waals surface area contributed by atoms with Crippen molar-refractivity contribution in [2.75, 3.05) is 0 Å². The van der Waals surface area contributed by atoms with Crippen LogP contribution < -0.4 is 0 Å². The van der Waals surface area contributed by atoms with Gasteiger partial charge in [0.15, 0.2) is 5.70 Å². The predicted molar refractivity (Wildman–Crippen MR) is 130 cm³/mol. The van der Waals surface area contributed by atoms with Crippen molar-refractivity contribution < 1.29 is 0 Å². The third-order valence-corrected chi connectivity index (χ3v) is 4.67. The van der Waals surface area contributed by atoms with Crippen LogP contribution >= 0.6 is 0 Å². The lowest BCUT2D eigenvalue weighted by atomic mass is 10.1. The standard InChI is InChI=1S/C30H18N2/c1-31-30(29-17-15-26(16-18-29)9-10-27-19-21-32-22-20-27)23-28-13-11-25(12-14-28)8-7-24-5-3-2-4-6-24/h2-6,11-23H. The fourth-order valence-electron chi connectivity index (χ4n) is 2.97. The van der Waals surface area contributed by atoms with Crippen molar-refractivity contribution in [3.05, 3.63) is 148 Å². The Balaban J connectivity index is 1.49. The Morgan fingerprint density at radius 2 is 1.12 bits per heavy atom. The van der Waals surface area contributed by atoms with E-state index in [-0.39, 0.29) is 0 Å². The number of aromatic nitrogens is 1. The molecule has 0 amide bonds. The highest BCUT2D eigenvalue weighted by Crippen LogP contribution is 2.20. The summed E-state index contributed by atoms with van der Waals surface area (Å²) < 4.78 is 0. The fourth-order valence-corrected chi connectivity index (χ4v) is 2.97. The molecule has 0 unspecified atom stereocenters. The lowest BCUT2D eigenvalue weighted by molar-refractivity contribution is 1.32. The third-order valence-electron chi connectivity index (χ3n) is 4.67. The summed E-state index contributed by atoms with van der Waals surface area (Å²) in [6, 6.07) is 29.3. The zero-order valence-electron chi connectivity index (χ0n) is 17.3. The molecule has 0 radical (unpaired) electrons. The van der Waals surface area contributed by atoms with Crippen LogP contribution in [-0.2, 0) is 0 Å². The second-order valence-electron chi connectivity index (χ2n) is 6.94. The molecule has 148 valence electrons. The lowest BCUT2D eigenvalue weighted by Gasteiger charge is -2.01. The van der Waals surface area contributed by atoms with Crippen molar-refractivity contribution in [3.8, 4) is 23.7 Å². The first-order valence-electron chi connectivity index (χ1n) is 10.1. The third kappa shape index (κ3) is 5.61. The molecular formula is C30H18N2. The van der Waals surface area contributed by atoms with Crippen LogP contribution in [0.4, 0.5) is 0 Å². The minimum Gasteiger partial charge on any atom is -0.265 e. The first kappa shape index (κ1) is 20.4. The summed E-state index contributed by atoms with van der Waals surface area (Å²) in [6.45, 7) is 7.60. The molecule has 2 heteroatoms. The van der Waals surface area contributed by atoms with Gasteiger partial charge in [-0.3, -0.25) is 4.98 Å². The fraction of sp³-hybridized carbons (Fsp3) is 0. The van der Waals surface area contributed by atoms with Crippen LogP contribution in [0.2, 0.25) is 0 Å². The van der Waals surface area contributed by atoms with Gasteiger partial charge in [-0.2, -0.15) is 0 Å². The summed E-state index contributed by atoms with van der Waals surface area (Å²) in [6.07, 6.45) is 5.34. The Labute approximate surface area is 188 Å². The quantitative estimate of drug-likeness (QED) is 0.217. The van der Waals surface area contributed by atoms with Gasteiger partial charge >= 0.3 is 0 Å². The number of hydrogen-bond acceptors (Lipinski definition) is 1. The number of nitrogens with zero attached hydrogens (tertiary/aromatic N) is 2. The Hall–Kier alpha value is -4.84. The largest absolute Gasteiger partial charge is 0.265 e. The summed E-state index contributed by atoms with van der Waals surface area (Å²) in [4.78, 5) is 7.71. The Morgan fingerprint density at radius 3 is 1.69 bits per heavy atom. The summed E-state index contributed by atoms with van der Waals surface area (Å²) in [5.41, 5.74) is 6.15. The molecule has 0 aliphatic heterocycles. The molecule has 2 nitrogen and oxygen atoms in total. The molecule has 4 rings (SSSR count). The highest BCUT2D eigenvalue weighted by Gasteiger charge is 2.02. The predicted octanol–water partition coefficient (Wildman–Crippen LogP) is 6.30. The van der Waals surface area contributed by atoms with Gasteiger partial charge in [0.1, 0.15) is 0 Å². The SMILES string of the molecule is [C-]#[N+]C(=Cc1ccc(C#Cc2ccccc2)cc1)c1ccc(C#Cc2ccncc2)cc1. The summed E-state index contributed by atoms with van der Waals surface area (Å²) >= 11 is 0. The van der Waals surface area contributed by atoms with Crippen molar-refractivity contribution in [1.82, 2.24) is 4.98 Å². The van der Waals surface area contributed by atoms with Gasteiger partial charge in [-0.15, -0.1) is 0 Å². The second-order valence-corrected chi connectivity index (χ2v) is 6.94. The van der Waals surface area contributed by atoms with E-state index in [9.17, 15) is 0 Å². The van der Waals surface area contributed by atoms with Crippen molar-refractivity contribution in [3.63, 3.8) is 0 Å². The topological polar surface area (TPSA) is 17.2 Å². The van der Waals surface area contributed by atoms with Gasteiger partial charge in [-0.05, 0) is 65.7 Å². The van der Waals surface area contributed by atoms with Crippen LogP contribution in [0.25, 0.3) is 16.6 Å². The molecule has 0 bridgehead atoms. The molecular weight excluding hydrogens is 388 g/mol. The number of rotatable bonds is 2. The van der Waals surface area contributed by atoms with Gasteiger partial charge in [-0.1, -0.05) is 66.1 Å². The molecule has 0 spiro atoms. The molecule has 0 fully saturated rings. The summed E-state index contributed by atoms with van der Waals surface area (Å²) in [7, 11) is 0. The van der Waals surface area contributed by atoms with Gasteiger partial charge < -0.3 is 0 Å². The zero-order valence-corrected chi connectivity index (χ0v) is 17.3. The Morgan fingerprint density at radius 1 is 0.625 bits per heavy atom. The van der Waals surface area contributed by atoms with E-state index >= 15 is 0 Å². The molecule has 0 aliphatic carbocycles. The second kappa shape index (κ2) is 10.3. The van der Waals surface area contributed by atoms with E-state index in [0.717, 1.165) is 33.4 Å². The monoisotopic (exact) mass is 406 g/mol. The van der Waals surface area contributed by atoms with E-state index in [1.54, 1.807) is 12.4 Å². The Kier molecular flexibility index (Phi) is 6.56. The average Bonchev–Trinajstić information content (AvgIpc) is 2.87. The van der Waals surface area contributed by atoms with Gasteiger partial charge in [0, 0.05) is 34.6 Å². The maximum atomic E-state index is 7.60. The molecule has 1 heterocycles. The molecule has 0 atom stereocenters. The molecule has 0 N–H and O–H groups in total. The maximum Gasteiger partial charge on any atom is 0.194 e. The van der Waals surface area contributed by atoms with Crippen LogP contribution in [0.3, 0.4) is 0 Å². The molecule has 3 aromatic carbocycles. The van der Waals surface area contributed by atoms with Crippen molar-refractivity contribution in [2.45, 2.75) is 0 Å². The first-order valence-corrected chi connectivity index (χ1v) is 10.1. The molecule has 4 aromatic rings. The number of pyridine rings is 1.